The molecule has 0 radical (unpaired) electrons. The minimum atomic E-state index is 0.0555. The van der Waals surface area contributed by atoms with Crippen molar-refractivity contribution in [3.63, 3.8) is 0 Å². The van der Waals surface area contributed by atoms with Crippen LogP contribution in [0.5, 0.6) is 5.75 Å². The van der Waals surface area contributed by atoms with E-state index in [1.807, 2.05) is 18.2 Å². The molecule has 4 heteroatoms. The standard InChI is InChI=1S/C17H28ClNO2/c1-13(2)12-20-9-10-21-16-14(7-6-8-15(16)18)11-19-17(3,4)5/h6-8,13,19H,9-12H2,1-5H3. The molecule has 0 spiro atoms. The van der Waals surface area contributed by atoms with Crippen LogP contribution in [0, 0.1) is 5.92 Å². The van der Waals surface area contributed by atoms with Gasteiger partial charge in [0.2, 0.25) is 0 Å². The molecule has 21 heavy (non-hydrogen) atoms. The van der Waals surface area contributed by atoms with Crippen molar-refractivity contribution in [3.05, 3.63) is 28.8 Å². The first-order valence-corrected chi connectivity index (χ1v) is 7.90. The van der Waals surface area contributed by atoms with E-state index in [0.717, 1.165) is 24.5 Å². The summed E-state index contributed by atoms with van der Waals surface area (Å²) in [5.74, 6) is 1.29. The molecule has 1 aromatic rings. The van der Waals surface area contributed by atoms with Crippen LogP contribution >= 0.6 is 11.6 Å². The molecule has 0 aromatic heterocycles. The molecule has 1 N–H and O–H groups in total. The lowest BCUT2D eigenvalue weighted by Gasteiger charge is -2.22. The second kappa shape index (κ2) is 8.62. The van der Waals surface area contributed by atoms with Gasteiger partial charge in [0, 0.05) is 24.3 Å². The average Bonchev–Trinajstić information content (AvgIpc) is 2.36. The minimum Gasteiger partial charge on any atom is -0.489 e. The fourth-order valence-electron chi connectivity index (χ4n) is 1.74. The molecule has 1 rings (SSSR count). The van der Waals surface area contributed by atoms with Gasteiger partial charge in [-0.2, -0.15) is 0 Å². The van der Waals surface area contributed by atoms with E-state index in [9.17, 15) is 0 Å². The fraction of sp³-hybridized carbons (Fsp3) is 0.647. The van der Waals surface area contributed by atoms with Crippen molar-refractivity contribution in [2.24, 2.45) is 5.92 Å². The molecule has 0 bridgehead atoms. The monoisotopic (exact) mass is 313 g/mol. The zero-order valence-electron chi connectivity index (χ0n) is 13.8. The molecule has 0 heterocycles. The van der Waals surface area contributed by atoms with Gasteiger partial charge in [0.05, 0.1) is 11.6 Å². The predicted octanol–water partition coefficient (Wildman–Crippen LogP) is 4.28. The highest BCUT2D eigenvalue weighted by molar-refractivity contribution is 6.32. The van der Waals surface area contributed by atoms with Crippen LogP contribution in [-0.4, -0.2) is 25.4 Å². The summed E-state index contributed by atoms with van der Waals surface area (Å²) >= 11 is 6.25. The molecule has 0 aliphatic rings. The normalized spacial score (nSPS) is 12.0. The maximum Gasteiger partial charge on any atom is 0.142 e. The first-order chi connectivity index (χ1) is 9.79. The van der Waals surface area contributed by atoms with Gasteiger partial charge in [-0.1, -0.05) is 37.6 Å². The molecule has 1 aromatic carbocycles. The molecule has 0 aliphatic carbocycles. The Morgan fingerprint density at radius 3 is 2.52 bits per heavy atom. The minimum absolute atomic E-state index is 0.0555. The zero-order valence-corrected chi connectivity index (χ0v) is 14.6. The fourth-order valence-corrected chi connectivity index (χ4v) is 1.99. The van der Waals surface area contributed by atoms with E-state index in [4.69, 9.17) is 21.1 Å². The third kappa shape index (κ3) is 7.70. The van der Waals surface area contributed by atoms with Crippen LogP contribution in [0.4, 0.5) is 0 Å². The van der Waals surface area contributed by atoms with Crippen LogP contribution in [-0.2, 0) is 11.3 Å². The maximum absolute atomic E-state index is 6.25. The Morgan fingerprint density at radius 1 is 1.19 bits per heavy atom. The van der Waals surface area contributed by atoms with Crippen molar-refractivity contribution in [1.82, 2.24) is 5.32 Å². The molecule has 0 aliphatic heterocycles. The van der Waals surface area contributed by atoms with Crippen molar-refractivity contribution in [1.29, 1.82) is 0 Å². The first-order valence-electron chi connectivity index (χ1n) is 7.52. The molecule has 0 saturated carbocycles. The van der Waals surface area contributed by atoms with Crippen LogP contribution in [0.3, 0.4) is 0 Å². The predicted molar refractivity (Wildman–Crippen MR) is 89.2 cm³/mol. The highest BCUT2D eigenvalue weighted by Crippen LogP contribution is 2.29. The summed E-state index contributed by atoms with van der Waals surface area (Å²) in [5, 5.41) is 4.10. The van der Waals surface area contributed by atoms with E-state index in [0.29, 0.717) is 24.2 Å². The molecule has 0 atom stereocenters. The highest BCUT2D eigenvalue weighted by atomic mass is 35.5. The molecule has 0 amide bonds. The maximum atomic E-state index is 6.25. The van der Waals surface area contributed by atoms with Gasteiger partial charge in [0.1, 0.15) is 12.4 Å². The molecule has 0 saturated heterocycles. The average molecular weight is 314 g/mol. The molecular weight excluding hydrogens is 286 g/mol. The molecule has 0 fully saturated rings. The highest BCUT2D eigenvalue weighted by Gasteiger charge is 2.13. The van der Waals surface area contributed by atoms with Crippen LogP contribution in [0.25, 0.3) is 0 Å². The summed E-state index contributed by atoms with van der Waals surface area (Å²) < 4.78 is 11.3. The zero-order chi connectivity index (χ0) is 15.9. The lowest BCUT2D eigenvalue weighted by molar-refractivity contribution is 0.0816. The Kier molecular flexibility index (Phi) is 7.50. The summed E-state index contributed by atoms with van der Waals surface area (Å²) in [6, 6.07) is 5.84. The van der Waals surface area contributed by atoms with Gasteiger partial charge in [-0.05, 0) is 32.8 Å². The van der Waals surface area contributed by atoms with E-state index in [1.54, 1.807) is 0 Å². The number of para-hydroxylation sites is 1. The molecule has 0 unspecified atom stereocenters. The van der Waals surface area contributed by atoms with Gasteiger partial charge in [-0.15, -0.1) is 0 Å². The van der Waals surface area contributed by atoms with E-state index in [-0.39, 0.29) is 5.54 Å². The quantitative estimate of drug-likeness (QED) is 0.727. The number of halogens is 1. The van der Waals surface area contributed by atoms with Crippen molar-refractivity contribution in [3.8, 4) is 5.75 Å². The number of hydrogen-bond donors (Lipinski definition) is 1. The second-order valence-corrected chi connectivity index (χ2v) is 7.06. The van der Waals surface area contributed by atoms with Crippen LogP contribution in [0.2, 0.25) is 5.02 Å². The molecular formula is C17H28ClNO2. The summed E-state index contributed by atoms with van der Waals surface area (Å²) in [6.45, 7) is 13.2. The Hall–Kier alpha value is -0.770. The largest absolute Gasteiger partial charge is 0.489 e. The van der Waals surface area contributed by atoms with Crippen molar-refractivity contribution >= 4 is 11.6 Å². The van der Waals surface area contributed by atoms with Gasteiger partial charge in [0.15, 0.2) is 0 Å². The number of ether oxygens (including phenoxy) is 2. The van der Waals surface area contributed by atoms with E-state index >= 15 is 0 Å². The van der Waals surface area contributed by atoms with E-state index in [1.165, 1.54) is 0 Å². The Bertz CT molecular complexity index is 427. The van der Waals surface area contributed by atoms with Gasteiger partial charge in [-0.25, -0.2) is 0 Å². The van der Waals surface area contributed by atoms with Crippen LogP contribution < -0.4 is 10.1 Å². The SMILES string of the molecule is CC(C)COCCOc1c(Cl)cccc1CNC(C)(C)C. The Morgan fingerprint density at radius 2 is 1.90 bits per heavy atom. The summed E-state index contributed by atoms with van der Waals surface area (Å²) in [6.07, 6.45) is 0. The summed E-state index contributed by atoms with van der Waals surface area (Å²) in [7, 11) is 0. The Balaban J connectivity index is 2.55. The van der Waals surface area contributed by atoms with Crippen LogP contribution in [0.15, 0.2) is 18.2 Å². The van der Waals surface area contributed by atoms with E-state index in [2.05, 4.69) is 39.9 Å². The topological polar surface area (TPSA) is 30.5 Å². The van der Waals surface area contributed by atoms with Crippen molar-refractivity contribution < 1.29 is 9.47 Å². The Labute approximate surface area is 134 Å². The summed E-state index contributed by atoms with van der Waals surface area (Å²) in [5.41, 5.74) is 1.13. The summed E-state index contributed by atoms with van der Waals surface area (Å²) in [4.78, 5) is 0. The lowest BCUT2D eigenvalue weighted by atomic mass is 10.1. The van der Waals surface area contributed by atoms with Gasteiger partial charge in [0.25, 0.3) is 0 Å². The molecule has 120 valence electrons. The number of nitrogens with one attached hydrogen (secondary N) is 1. The first kappa shape index (κ1) is 18.3. The van der Waals surface area contributed by atoms with Crippen molar-refractivity contribution in [2.75, 3.05) is 19.8 Å². The van der Waals surface area contributed by atoms with Gasteiger partial charge in [-0.3, -0.25) is 0 Å². The second-order valence-electron chi connectivity index (χ2n) is 6.65. The van der Waals surface area contributed by atoms with Crippen molar-refractivity contribution in [2.45, 2.75) is 46.7 Å². The van der Waals surface area contributed by atoms with E-state index < -0.39 is 0 Å². The smallest absolute Gasteiger partial charge is 0.142 e. The number of benzene rings is 1. The molecule has 3 nitrogen and oxygen atoms in total. The third-order valence-electron chi connectivity index (χ3n) is 2.78. The van der Waals surface area contributed by atoms with Crippen LogP contribution in [0.1, 0.15) is 40.2 Å². The van der Waals surface area contributed by atoms with Gasteiger partial charge >= 0.3 is 0 Å². The van der Waals surface area contributed by atoms with Gasteiger partial charge < -0.3 is 14.8 Å². The number of hydrogen-bond acceptors (Lipinski definition) is 3. The lowest BCUT2D eigenvalue weighted by Crippen LogP contribution is -2.35. The third-order valence-corrected chi connectivity index (χ3v) is 3.08. The number of rotatable bonds is 8.